The topological polar surface area (TPSA) is 60.7 Å². The predicted octanol–water partition coefficient (Wildman–Crippen LogP) is 0.956. The quantitative estimate of drug-likeness (QED) is 0.387. The van der Waals surface area contributed by atoms with Crippen molar-refractivity contribution in [2.24, 2.45) is 0 Å². The van der Waals surface area contributed by atoms with E-state index < -0.39 is 6.61 Å². The molecule has 0 amide bonds. The fourth-order valence-electron chi connectivity index (χ4n) is 0.561. The molecule has 0 rings (SSSR count). The lowest BCUT2D eigenvalue weighted by Crippen LogP contribution is -1.97. The Morgan fingerprint density at radius 1 is 1.42 bits per heavy atom. The summed E-state index contributed by atoms with van der Waals surface area (Å²) in [7, 11) is 1.75. The van der Waals surface area contributed by atoms with Gasteiger partial charge in [0.1, 0.15) is 26.0 Å². The molecule has 5 heteroatoms. The number of aliphatic hydroxyl groups excluding tert-OH is 3. The Labute approximate surface area is 81.0 Å². The Balaban J connectivity index is 4.82. The lowest BCUT2D eigenvalue weighted by molar-refractivity contribution is 0.250. The highest BCUT2D eigenvalue weighted by molar-refractivity contribution is 9.12. The third-order valence-corrected chi connectivity index (χ3v) is 2.38. The number of allylic oxidation sites excluding steroid dienone is 2. The molecular weight excluding hydrogens is 223 g/mol. The second kappa shape index (κ2) is 5.27. The second-order valence-electron chi connectivity index (χ2n) is 2.40. The fourth-order valence-corrected chi connectivity index (χ4v) is 1.02. The molecule has 0 aromatic rings. The van der Waals surface area contributed by atoms with Crippen molar-refractivity contribution < 1.29 is 15.3 Å². The van der Waals surface area contributed by atoms with Crippen LogP contribution in [0.2, 0.25) is 0 Å². The van der Waals surface area contributed by atoms with Gasteiger partial charge in [-0.25, -0.2) is 0 Å². The van der Waals surface area contributed by atoms with Gasteiger partial charge in [0.15, 0.2) is 0 Å². The lowest BCUT2D eigenvalue weighted by atomic mass is 9.91. The molecule has 0 aliphatic carbocycles. The Morgan fingerprint density at radius 2 is 1.92 bits per heavy atom. The van der Waals surface area contributed by atoms with Crippen molar-refractivity contribution in [2.75, 3.05) is 6.61 Å². The summed E-state index contributed by atoms with van der Waals surface area (Å²) in [5, 5.41) is 27.0. The summed E-state index contributed by atoms with van der Waals surface area (Å²) in [6.07, 6.45) is 0.694. The lowest BCUT2D eigenvalue weighted by Gasteiger charge is -2.04. The van der Waals surface area contributed by atoms with E-state index in [1.165, 1.54) is 0 Å². The molecule has 0 aliphatic rings. The number of aliphatic hydroxyl groups is 3. The molecule has 0 aromatic heterocycles. The summed E-state index contributed by atoms with van der Waals surface area (Å²) < 4.78 is 0.157. The van der Waals surface area contributed by atoms with E-state index in [1.807, 2.05) is 6.92 Å². The van der Waals surface area contributed by atoms with Gasteiger partial charge in [0.25, 0.3) is 0 Å². The zero-order chi connectivity index (χ0) is 9.72. The van der Waals surface area contributed by atoms with E-state index in [9.17, 15) is 5.11 Å². The maximum atomic E-state index is 9.39. The molecule has 3 N–H and O–H groups in total. The van der Waals surface area contributed by atoms with Crippen molar-refractivity contribution in [3.63, 3.8) is 0 Å². The SMILES string of the molecule is B/C(CC)=C(O)/C(Br)=C(/O)CO. The van der Waals surface area contributed by atoms with Crippen LogP contribution in [0.25, 0.3) is 0 Å². The first-order valence-corrected chi connectivity index (χ1v) is 4.41. The van der Waals surface area contributed by atoms with Crippen LogP contribution >= 0.6 is 15.9 Å². The molecule has 0 bridgehead atoms. The average molecular weight is 235 g/mol. The summed E-state index contributed by atoms with van der Waals surface area (Å²) in [6, 6.07) is 0. The number of rotatable bonds is 3. The maximum absolute atomic E-state index is 9.39. The van der Waals surface area contributed by atoms with Gasteiger partial charge in [0, 0.05) is 0 Å². The van der Waals surface area contributed by atoms with E-state index in [1.54, 1.807) is 7.85 Å². The molecule has 68 valence electrons. The van der Waals surface area contributed by atoms with Gasteiger partial charge >= 0.3 is 0 Å². The minimum absolute atomic E-state index is 0.0101. The van der Waals surface area contributed by atoms with Crippen molar-refractivity contribution in [3.05, 3.63) is 21.5 Å². The fraction of sp³-hybridized carbons (Fsp3) is 0.429. The van der Waals surface area contributed by atoms with Crippen molar-refractivity contribution in [3.8, 4) is 0 Å². The standard InChI is InChI=1S/C7H12BBrO3/c1-2-4(8)7(12)6(9)5(11)3-10/h10-12H,2-3,8H2,1H3/b6-5-,7-4-. The first kappa shape index (κ1) is 11.6. The van der Waals surface area contributed by atoms with Crippen LogP contribution in [0.3, 0.4) is 0 Å². The van der Waals surface area contributed by atoms with Gasteiger partial charge in [0.05, 0.1) is 4.48 Å². The van der Waals surface area contributed by atoms with Gasteiger partial charge in [-0.05, 0) is 22.4 Å². The molecule has 0 aromatic carbocycles. The smallest absolute Gasteiger partial charge is 0.138 e. The predicted molar refractivity (Wildman–Crippen MR) is 54.2 cm³/mol. The third kappa shape index (κ3) is 2.91. The third-order valence-electron chi connectivity index (χ3n) is 1.55. The van der Waals surface area contributed by atoms with Crippen molar-refractivity contribution in [2.45, 2.75) is 13.3 Å². The van der Waals surface area contributed by atoms with Gasteiger partial charge < -0.3 is 15.3 Å². The van der Waals surface area contributed by atoms with E-state index in [2.05, 4.69) is 15.9 Å². The molecule has 0 unspecified atom stereocenters. The number of hydrogen-bond acceptors (Lipinski definition) is 3. The molecule has 0 saturated carbocycles. The highest BCUT2D eigenvalue weighted by Crippen LogP contribution is 2.21. The van der Waals surface area contributed by atoms with E-state index in [4.69, 9.17) is 10.2 Å². The largest absolute Gasteiger partial charge is 0.509 e. The van der Waals surface area contributed by atoms with Crippen LogP contribution < -0.4 is 0 Å². The van der Waals surface area contributed by atoms with Crippen LogP contribution in [0.1, 0.15) is 13.3 Å². The Kier molecular flexibility index (Phi) is 5.09. The zero-order valence-corrected chi connectivity index (χ0v) is 8.72. The summed E-state index contributed by atoms with van der Waals surface area (Å²) in [6.45, 7) is 1.41. The average Bonchev–Trinajstić information content (AvgIpc) is 2.12. The molecule has 0 spiro atoms. The molecule has 0 radical (unpaired) electrons. The number of halogens is 1. The maximum Gasteiger partial charge on any atom is 0.138 e. The van der Waals surface area contributed by atoms with Crippen LogP contribution in [0, 0.1) is 0 Å². The molecule has 0 aliphatic heterocycles. The molecule has 12 heavy (non-hydrogen) atoms. The molecule has 3 nitrogen and oxygen atoms in total. The normalized spacial score (nSPS) is 15.2. The summed E-state index contributed by atoms with van der Waals surface area (Å²) in [4.78, 5) is 0. The van der Waals surface area contributed by atoms with Crippen molar-refractivity contribution in [1.82, 2.24) is 0 Å². The monoisotopic (exact) mass is 234 g/mol. The van der Waals surface area contributed by atoms with Crippen LogP contribution in [-0.4, -0.2) is 29.8 Å². The van der Waals surface area contributed by atoms with Gasteiger partial charge in [-0.2, -0.15) is 0 Å². The van der Waals surface area contributed by atoms with Crippen LogP contribution in [0.5, 0.6) is 0 Å². The molecule has 0 fully saturated rings. The Morgan fingerprint density at radius 3 is 2.25 bits per heavy atom. The van der Waals surface area contributed by atoms with Crippen molar-refractivity contribution in [1.29, 1.82) is 0 Å². The summed E-state index contributed by atoms with van der Waals surface area (Å²) in [5.74, 6) is -0.274. The first-order chi connectivity index (χ1) is 5.54. The van der Waals surface area contributed by atoms with Crippen LogP contribution in [0.4, 0.5) is 0 Å². The minimum Gasteiger partial charge on any atom is -0.509 e. The highest BCUT2D eigenvalue weighted by atomic mass is 79.9. The zero-order valence-electron chi connectivity index (χ0n) is 7.13. The van der Waals surface area contributed by atoms with Crippen LogP contribution in [0.15, 0.2) is 21.5 Å². The first-order valence-electron chi connectivity index (χ1n) is 3.62. The second-order valence-corrected chi connectivity index (χ2v) is 3.19. The van der Waals surface area contributed by atoms with E-state index >= 15 is 0 Å². The van der Waals surface area contributed by atoms with Gasteiger partial charge in [0.2, 0.25) is 0 Å². The Bertz CT molecular complexity index is 199. The van der Waals surface area contributed by atoms with Gasteiger partial charge in [-0.1, -0.05) is 12.4 Å². The van der Waals surface area contributed by atoms with Crippen LogP contribution in [-0.2, 0) is 0 Å². The van der Waals surface area contributed by atoms with E-state index in [0.717, 1.165) is 5.47 Å². The van der Waals surface area contributed by atoms with Gasteiger partial charge in [-0.3, -0.25) is 0 Å². The van der Waals surface area contributed by atoms with Crippen molar-refractivity contribution >= 4 is 23.8 Å². The number of hydrogen-bond donors (Lipinski definition) is 3. The van der Waals surface area contributed by atoms with E-state index in [-0.39, 0.29) is 16.0 Å². The van der Waals surface area contributed by atoms with E-state index in [0.29, 0.717) is 6.42 Å². The summed E-state index contributed by atoms with van der Waals surface area (Å²) >= 11 is 2.97. The Hall–Kier alpha value is -0.415. The molecule has 0 heterocycles. The summed E-state index contributed by atoms with van der Waals surface area (Å²) in [5.41, 5.74) is 0.752. The minimum atomic E-state index is -0.484. The van der Waals surface area contributed by atoms with Gasteiger partial charge in [-0.15, -0.1) is 0 Å². The molecule has 0 saturated heterocycles. The molecular formula is C7H12BBrO3. The molecule has 0 atom stereocenters. The highest BCUT2D eigenvalue weighted by Gasteiger charge is 2.07.